The standard InChI is InChI=1S/C16H22BN3O3/c1-15(2)16(3,4)23-17(22-15)13-9-19-20(11-13)10-12-6-7-18-14(8-12)21-5/h6-9,11H,10H2,1-5H3. The van der Waals surface area contributed by atoms with Gasteiger partial charge in [-0.15, -0.1) is 0 Å². The molecule has 0 saturated carbocycles. The van der Waals surface area contributed by atoms with Gasteiger partial charge in [0.05, 0.1) is 24.9 Å². The van der Waals surface area contributed by atoms with Gasteiger partial charge in [0.2, 0.25) is 5.88 Å². The highest BCUT2D eigenvalue weighted by molar-refractivity contribution is 6.61. The molecule has 7 heteroatoms. The van der Waals surface area contributed by atoms with Crippen molar-refractivity contribution >= 4 is 12.6 Å². The van der Waals surface area contributed by atoms with Crippen molar-refractivity contribution in [2.75, 3.05) is 7.11 Å². The summed E-state index contributed by atoms with van der Waals surface area (Å²) in [5.41, 5.74) is 1.29. The molecular formula is C16H22BN3O3. The van der Waals surface area contributed by atoms with Crippen molar-refractivity contribution in [3.63, 3.8) is 0 Å². The second-order valence-corrected chi connectivity index (χ2v) is 6.77. The minimum Gasteiger partial charge on any atom is -0.481 e. The monoisotopic (exact) mass is 315 g/mol. The maximum Gasteiger partial charge on any atom is 0.498 e. The normalized spacial score (nSPS) is 19.1. The molecule has 23 heavy (non-hydrogen) atoms. The average molecular weight is 315 g/mol. The quantitative estimate of drug-likeness (QED) is 0.803. The van der Waals surface area contributed by atoms with Gasteiger partial charge in [-0.1, -0.05) is 0 Å². The number of rotatable bonds is 4. The van der Waals surface area contributed by atoms with E-state index in [0.29, 0.717) is 12.4 Å². The van der Waals surface area contributed by atoms with E-state index in [4.69, 9.17) is 14.0 Å². The number of hydrogen-bond acceptors (Lipinski definition) is 5. The van der Waals surface area contributed by atoms with E-state index in [1.54, 1.807) is 19.5 Å². The van der Waals surface area contributed by atoms with Gasteiger partial charge < -0.3 is 14.0 Å². The Kier molecular flexibility index (Phi) is 3.94. The molecule has 2 aromatic rings. The first-order valence-electron chi connectivity index (χ1n) is 7.68. The molecule has 0 spiro atoms. The van der Waals surface area contributed by atoms with Crippen molar-refractivity contribution in [2.45, 2.75) is 45.4 Å². The van der Waals surface area contributed by atoms with E-state index in [-0.39, 0.29) is 18.3 Å². The summed E-state index contributed by atoms with van der Waals surface area (Å²) in [5, 5.41) is 4.40. The van der Waals surface area contributed by atoms with Gasteiger partial charge in [0, 0.05) is 30.1 Å². The van der Waals surface area contributed by atoms with Crippen LogP contribution in [0.3, 0.4) is 0 Å². The van der Waals surface area contributed by atoms with E-state index in [0.717, 1.165) is 11.0 Å². The highest BCUT2D eigenvalue weighted by Crippen LogP contribution is 2.36. The van der Waals surface area contributed by atoms with Crippen LogP contribution in [0, 0.1) is 0 Å². The molecule has 0 N–H and O–H groups in total. The minimum absolute atomic E-state index is 0.349. The summed E-state index contributed by atoms with van der Waals surface area (Å²) in [7, 11) is 1.22. The first-order valence-corrected chi connectivity index (χ1v) is 7.68. The molecule has 1 aliphatic heterocycles. The summed E-state index contributed by atoms with van der Waals surface area (Å²) in [4.78, 5) is 4.11. The number of nitrogens with zero attached hydrogens (tertiary/aromatic N) is 3. The molecule has 2 aromatic heterocycles. The fourth-order valence-corrected chi connectivity index (χ4v) is 2.41. The summed E-state index contributed by atoms with van der Waals surface area (Å²) in [6.45, 7) is 8.81. The molecule has 0 aromatic carbocycles. The van der Waals surface area contributed by atoms with Crippen molar-refractivity contribution in [1.82, 2.24) is 14.8 Å². The van der Waals surface area contributed by atoms with E-state index in [1.165, 1.54) is 0 Å². The van der Waals surface area contributed by atoms with Crippen LogP contribution in [0.2, 0.25) is 0 Å². The molecule has 3 rings (SSSR count). The predicted octanol–water partition coefficient (Wildman–Crippen LogP) is 1.63. The van der Waals surface area contributed by atoms with Crippen LogP contribution in [-0.4, -0.2) is 40.2 Å². The van der Waals surface area contributed by atoms with Gasteiger partial charge in [-0.05, 0) is 39.3 Å². The first-order chi connectivity index (χ1) is 10.8. The van der Waals surface area contributed by atoms with Crippen LogP contribution in [0.25, 0.3) is 0 Å². The lowest BCUT2D eigenvalue weighted by molar-refractivity contribution is 0.00578. The Bertz CT molecular complexity index is 683. The van der Waals surface area contributed by atoms with Crippen LogP contribution in [0.15, 0.2) is 30.7 Å². The van der Waals surface area contributed by atoms with E-state index in [2.05, 4.69) is 10.1 Å². The summed E-state index contributed by atoms with van der Waals surface area (Å²) in [5.74, 6) is 0.598. The molecule has 0 aliphatic carbocycles. The number of hydrogen-bond donors (Lipinski definition) is 0. The lowest BCUT2D eigenvalue weighted by Gasteiger charge is -2.32. The van der Waals surface area contributed by atoms with Crippen LogP contribution in [0.5, 0.6) is 5.88 Å². The zero-order valence-corrected chi connectivity index (χ0v) is 14.2. The van der Waals surface area contributed by atoms with Gasteiger partial charge in [0.25, 0.3) is 0 Å². The molecule has 1 fully saturated rings. The number of aromatic nitrogens is 3. The zero-order chi connectivity index (χ0) is 16.7. The second-order valence-electron chi connectivity index (χ2n) is 6.77. The highest BCUT2D eigenvalue weighted by atomic mass is 16.7. The first kappa shape index (κ1) is 16.0. The molecule has 6 nitrogen and oxygen atoms in total. The van der Waals surface area contributed by atoms with E-state index in [9.17, 15) is 0 Å². The topological polar surface area (TPSA) is 58.4 Å². The zero-order valence-electron chi connectivity index (χ0n) is 14.2. The fraction of sp³-hybridized carbons (Fsp3) is 0.500. The molecule has 0 radical (unpaired) electrons. The molecule has 0 atom stereocenters. The summed E-state index contributed by atoms with van der Waals surface area (Å²) in [6.07, 6.45) is 5.47. The largest absolute Gasteiger partial charge is 0.498 e. The Hall–Kier alpha value is -1.86. The Labute approximate surface area is 136 Å². The SMILES string of the molecule is COc1cc(Cn2cc(B3OC(C)(C)C(C)(C)O3)cn2)ccn1. The minimum atomic E-state index is -0.388. The number of ether oxygens (including phenoxy) is 1. The van der Waals surface area contributed by atoms with Crippen molar-refractivity contribution in [1.29, 1.82) is 0 Å². The van der Waals surface area contributed by atoms with Gasteiger partial charge in [-0.2, -0.15) is 5.10 Å². The lowest BCUT2D eigenvalue weighted by atomic mass is 9.82. The molecule has 0 bridgehead atoms. The van der Waals surface area contributed by atoms with Gasteiger partial charge in [-0.3, -0.25) is 4.68 Å². The van der Waals surface area contributed by atoms with Crippen molar-refractivity contribution in [3.05, 3.63) is 36.3 Å². The van der Waals surface area contributed by atoms with Crippen molar-refractivity contribution in [3.8, 4) is 5.88 Å². The summed E-state index contributed by atoms with van der Waals surface area (Å²) >= 11 is 0. The predicted molar refractivity (Wildman–Crippen MR) is 87.8 cm³/mol. The van der Waals surface area contributed by atoms with Gasteiger partial charge in [0.15, 0.2) is 0 Å². The smallest absolute Gasteiger partial charge is 0.481 e. The average Bonchev–Trinajstić information content (AvgIpc) is 3.02. The van der Waals surface area contributed by atoms with Crippen LogP contribution in [0.4, 0.5) is 0 Å². The molecule has 1 saturated heterocycles. The Morgan fingerprint density at radius 1 is 1.22 bits per heavy atom. The molecule has 3 heterocycles. The highest BCUT2D eigenvalue weighted by Gasteiger charge is 2.52. The van der Waals surface area contributed by atoms with Crippen molar-refractivity contribution < 1.29 is 14.0 Å². The van der Waals surface area contributed by atoms with Crippen LogP contribution in [0.1, 0.15) is 33.3 Å². The Morgan fingerprint density at radius 2 is 1.91 bits per heavy atom. The maximum atomic E-state index is 6.04. The van der Waals surface area contributed by atoms with E-state index < -0.39 is 0 Å². The third-order valence-corrected chi connectivity index (χ3v) is 4.53. The molecular weight excluding hydrogens is 293 g/mol. The number of pyridine rings is 1. The molecule has 1 aliphatic rings. The van der Waals surface area contributed by atoms with Gasteiger partial charge in [0.1, 0.15) is 0 Å². The van der Waals surface area contributed by atoms with Gasteiger partial charge in [-0.25, -0.2) is 4.98 Å². The molecule has 122 valence electrons. The fourth-order valence-electron chi connectivity index (χ4n) is 2.41. The summed E-state index contributed by atoms with van der Waals surface area (Å²) in [6, 6.07) is 3.84. The van der Waals surface area contributed by atoms with Crippen molar-refractivity contribution in [2.24, 2.45) is 0 Å². The second kappa shape index (κ2) is 5.65. The third kappa shape index (κ3) is 3.11. The molecule has 0 unspecified atom stereocenters. The van der Waals surface area contributed by atoms with E-state index >= 15 is 0 Å². The van der Waals surface area contributed by atoms with Crippen LogP contribution < -0.4 is 10.2 Å². The van der Waals surface area contributed by atoms with Crippen LogP contribution in [-0.2, 0) is 15.9 Å². The number of methoxy groups -OCH3 is 1. The lowest BCUT2D eigenvalue weighted by Crippen LogP contribution is -2.41. The Balaban J connectivity index is 1.74. The molecule has 0 amide bonds. The maximum absolute atomic E-state index is 6.04. The van der Waals surface area contributed by atoms with Crippen LogP contribution >= 0.6 is 0 Å². The Morgan fingerprint density at radius 3 is 2.57 bits per heavy atom. The summed E-state index contributed by atoms with van der Waals surface area (Å²) < 4.78 is 19.1. The van der Waals surface area contributed by atoms with Gasteiger partial charge >= 0.3 is 7.12 Å². The van der Waals surface area contributed by atoms with E-state index in [1.807, 2.05) is 50.7 Å². The third-order valence-electron chi connectivity index (χ3n) is 4.53.